The highest BCUT2D eigenvalue weighted by Gasteiger charge is 2.07. The van der Waals surface area contributed by atoms with Crippen LogP contribution in [0.15, 0.2) is 34.8 Å². The van der Waals surface area contributed by atoms with Gasteiger partial charge in [0.05, 0.1) is 6.54 Å². The molecule has 0 bridgehead atoms. The van der Waals surface area contributed by atoms with E-state index in [1.54, 1.807) is 6.07 Å². The van der Waals surface area contributed by atoms with Crippen molar-refractivity contribution in [3.63, 3.8) is 0 Å². The van der Waals surface area contributed by atoms with Crippen molar-refractivity contribution < 1.29 is 0 Å². The van der Waals surface area contributed by atoms with Gasteiger partial charge in [0.2, 0.25) is 0 Å². The predicted octanol–water partition coefficient (Wildman–Crippen LogP) is 2.76. The van der Waals surface area contributed by atoms with Crippen LogP contribution in [-0.2, 0) is 13.1 Å². The Morgan fingerprint density at radius 1 is 1.21 bits per heavy atom. The van der Waals surface area contributed by atoms with Gasteiger partial charge >= 0.3 is 0 Å². The van der Waals surface area contributed by atoms with Gasteiger partial charge in [0.25, 0.3) is 0 Å². The number of aromatic nitrogens is 2. The maximum Gasteiger partial charge on any atom is 0.144 e. The average Bonchev–Trinajstić information content (AvgIpc) is 2.30. The highest BCUT2D eigenvalue weighted by molar-refractivity contribution is 9.10. The van der Waals surface area contributed by atoms with E-state index in [2.05, 4.69) is 36.9 Å². The Morgan fingerprint density at radius 3 is 2.63 bits per heavy atom. The van der Waals surface area contributed by atoms with E-state index >= 15 is 0 Å². The van der Waals surface area contributed by atoms with E-state index < -0.39 is 0 Å². The number of anilines is 1. The van der Waals surface area contributed by atoms with Gasteiger partial charge in [-0.3, -0.25) is 4.90 Å². The van der Waals surface area contributed by atoms with Crippen LogP contribution in [0.1, 0.15) is 17.1 Å². The fourth-order valence-corrected chi connectivity index (χ4v) is 2.35. The smallest absolute Gasteiger partial charge is 0.144 e. The number of nitrogen functional groups attached to an aromatic ring is 1. The van der Waals surface area contributed by atoms with E-state index in [4.69, 9.17) is 5.73 Å². The van der Waals surface area contributed by atoms with Gasteiger partial charge in [0.15, 0.2) is 0 Å². The third-order valence-corrected chi connectivity index (χ3v) is 3.50. The van der Waals surface area contributed by atoms with Crippen LogP contribution in [-0.4, -0.2) is 21.9 Å². The Bertz CT molecular complexity index is 551. The fraction of sp³-hybridized carbons (Fsp3) is 0.286. The molecule has 0 atom stereocenters. The van der Waals surface area contributed by atoms with Gasteiger partial charge in [-0.15, -0.1) is 0 Å². The minimum atomic E-state index is 0.525. The van der Waals surface area contributed by atoms with Crippen molar-refractivity contribution in [1.29, 1.82) is 0 Å². The lowest BCUT2D eigenvalue weighted by Crippen LogP contribution is -2.19. The first-order valence-electron chi connectivity index (χ1n) is 6.06. The SMILES string of the molecule is Cc1cc(N)nc(CN(C)Cc2ccccc2Br)n1. The molecule has 4 nitrogen and oxygen atoms in total. The van der Waals surface area contributed by atoms with Crippen molar-refractivity contribution in [3.05, 3.63) is 51.9 Å². The number of halogens is 1. The number of aryl methyl sites for hydroxylation is 1. The first kappa shape index (κ1) is 14.0. The maximum atomic E-state index is 5.73. The van der Waals surface area contributed by atoms with E-state index in [-0.39, 0.29) is 0 Å². The van der Waals surface area contributed by atoms with E-state index in [1.165, 1.54) is 5.56 Å². The monoisotopic (exact) mass is 320 g/mol. The lowest BCUT2D eigenvalue weighted by Gasteiger charge is -2.17. The number of nitrogens with two attached hydrogens (primary N) is 1. The summed E-state index contributed by atoms with van der Waals surface area (Å²) in [6.07, 6.45) is 0. The van der Waals surface area contributed by atoms with E-state index in [9.17, 15) is 0 Å². The second-order valence-corrected chi connectivity index (χ2v) is 5.47. The number of benzene rings is 1. The van der Waals surface area contributed by atoms with Crippen LogP contribution in [0.4, 0.5) is 5.82 Å². The number of hydrogen-bond donors (Lipinski definition) is 1. The molecule has 19 heavy (non-hydrogen) atoms. The molecule has 0 amide bonds. The third kappa shape index (κ3) is 4.01. The first-order valence-corrected chi connectivity index (χ1v) is 6.86. The Morgan fingerprint density at radius 2 is 1.95 bits per heavy atom. The van der Waals surface area contributed by atoms with Crippen LogP contribution in [0, 0.1) is 6.92 Å². The zero-order chi connectivity index (χ0) is 13.8. The molecule has 100 valence electrons. The quantitative estimate of drug-likeness (QED) is 0.941. The Hall–Kier alpha value is -1.46. The third-order valence-electron chi connectivity index (χ3n) is 2.73. The molecule has 0 aliphatic heterocycles. The zero-order valence-corrected chi connectivity index (χ0v) is 12.7. The van der Waals surface area contributed by atoms with Gasteiger partial charge in [-0.05, 0) is 25.6 Å². The van der Waals surface area contributed by atoms with Gasteiger partial charge in [-0.25, -0.2) is 9.97 Å². The van der Waals surface area contributed by atoms with Crippen molar-refractivity contribution in [2.45, 2.75) is 20.0 Å². The number of nitrogens with zero attached hydrogens (tertiary/aromatic N) is 3. The molecule has 1 aromatic heterocycles. The second kappa shape index (κ2) is 6.12. The Kier molecular flexibility index (Phi) is 4.50. The summed E-state index contributed by atoms with van der Waals surface area (Å²) in [6.45, 7) is 3.43. The molecule has 0 saturated carbocycles. The largest absolute Gasteiger partial charge is 0.384 e. The summed E-state index contributed by atoms with van der Waals surface area (Å²) in [5.41, 5.74) is 7.88. The molecule has 0 aliphatic rings. The molecule has 0 unspecified atom stereocenters. The first-order chi connectivity index (χ1) is 9.04. The molecule has 1 aromatic carbocycles. The number of hydrogen-bond acceptors (Lipinski definition) is 4. The van der Waals surface area contributed by atoms with E-state index in [0.29, 0.717) is 12.4 Å². The summed E-state index contributed by atoms with van der Waals surface area (Å²) in [7, 11) is 2.04. The summed E-state index contributed by atoms with van der Waals surface area (Å²) < 4.78 is 1.12. The molecule has 0 spiro atoms. The van der Waals surface area contributed by atoms with Crippen molar-refractivity contribution in [3.8, 4) is 0 Å². The highest BCUT2D eigenvalue weighted by Crippen LogP contribution is 2.17. The average molecular weight is 321 g/mol. The molecule has 0 aliphatic carbocycles. The Balaban J connectivity index is 2.05. The summed E-state index contributed by atoms with van der Waals surface area (Å²) in [4.78, 5) is 10.8. The van der Waals surface area contributed by atoms with Crippen molar-refractivity contribution in [1.82, 2.24) is 14.9 Å². The summed E-state index contributed by atoms with van der Waals surface area (Å²) in [5.74, 6) is 1.28. The predicted molar refractivity (Wildman–Crippen MR) is 80.5 cm³/mol. The van der Waals surface area contributed by atoms with Crippen LogP contribution in [0.5, 0.6) is 0 Å². The van der Waals surface area contributed by atoms with Crippen LogP contribution in [0.3, 0.4) is 0 Å². The molecule has 0 saturated heterocycles. The van der Waals surface area contributed by atoms with E-state index in [1.807, 2.05) is 32.2 Å². The molecule has 2 rings (SSSR count). The highest BCUT2D eigenvalue weighted by atomic mass is 79.9. The maximum absolute atomic E-state index is 5.73. The minimum Gasteiger partial charge on any atom is -0.384 e. The molecule has 2 aromatic rings. The Labute approximate surface area is 121 Å². The molecular weight excluding hydrogens is 304 g/mol. The zero-order valence-electron chi connectivity index (χ0n) is 11.1. The fourth-order valence-electron chi connectivity index (χ4n) is 1.94. The molecule has 0 fully saturated rings. The van der Waals surface area contributed by atoms with E-state index in [0.717, 1.165) is 22.5 Å². The molecule has 1 heterocycles. The molecule has 5 heteroatoms. The van der Waals surface area contributed by atoms with Gasteiger partial charge in [0, 0.05) is 22.8 Å². The van der Waals surface area contributed by atoms with Gasteiger partial charge in [-0.2, -0.15) is 0 Å². The van der Waals surface area contributed by atoms with Crippen LogP contribution < -0.4 is 5.73 Å². The number of rotatable bonds is 4. The molecule has 0 radical (unpaired) electrons. The van der Waals surface area contributed by atoms with Crippen LogP contribution in [0.25, 0.3) is 0 Å². The minimum absolute atomic E-state index is 0.525. The standard InChI is InChI=1S/C14H17BrN4/c1-10-7-13(16)18-14(17-10)9-19(2)8-11-5-3-4-6-12(11)15/h3-7H,8-9H2,1-2H3,(H2,16,17,18). The normalized spacial score (nSPS) is 10.9. The van der Waals surface area contributed by atoms with Crippen molar-refractivity contribution in [2.24, 2.45) is 0 Å². The van der Waals surface area contributed by atoms with Crippen molar-refractivity contribution in [2.75, 3.05) is 12.8 Å². The van der Waals surface area contributed by atoms with Crippen LogP contribution in [0.2, 0.25) is 0 Å². The summed E-state index contributed by atoms with van der Waals surface area (Å²) in [5, 5.41) is 0. The van der Waals surface area contributed by atoms with Crippen molar-refractivity contribution >= 4 is 21.7 Å². The molecule has 2 N–H and O–H groups in total. The lowest BCUT2D eigenvalue weighted by atomic mass is 10.2. The lowest BCUT2D eigenvalue weighted by molar-refractivity contribution is 0.310. The van der Waals surface area contributed by atoms with Gasteiger partial charge in [-0.1, -0.05) is 34.1 Å². The molecular formula is C14H17BrN4. The van der Waals surface area contributed by atoms with Gasteiger partial charge in [0.1, 0.15) is 11.6 Å². The second-order valence-electron chi connectivity index (χ2n) is 4.61. The summed E-state index contributed by atoms with van der Waals surface area (Å²) in [6, 6.07) is 9.97. The summed E-state index contributed by atoms with van der Waals surface area (Å²) >= 11 is 3.56. The van der Waals surface area contributed by atoms with Gasteiger partial charge < -0.3 is 5.73 Å². The topological polar surface area (TPSA) is 55.0 Å². The van der Waals surface area contributed by atoms with Crippen LogP contribution >= 0.6 is 15.9 Å².